The number of likely N-dealkylation sites (N-methyl/N-ethyl adjacent to an activating group) is 1. The first-order valence-electron chi connectivity index (χ1n) is 8.50. The molecule has 1 unspecified atom stereocenters. The summed E-state index contributed by atoms with van der Waals surface area (Å²) in [7, 11) is 1.32. The van der Waals surface area contributed by atoms with E-state index in [0.717, 1.165) is 4.90 Å². The average Bonchev–Trinajstić information content (AvgIpc) is 2.70. The van der Waals surface area contributed by atoms with Crippen LogP contribution in [0, 0.1) is 0 Å². The molecule has 1 N–H and O–H groups in total. The number of fused-ring (bicyclic) bond motifs is 1. The van der Waals surface area contributed by atoms with Gasteiger partial charge in [0.15, 0.2) is 6.10 Å². The van der Waals surface area contributed by atoms with Crippen molar-refractivity contribution in [3.8, 4) is 5.75 Å². The zero-order chi connectivity index (χ0) is 22.3. The fraction of sp³-hybridized carbons (Fsp3) is 0.263. The highest BCUT2D eigenvalue weighted by molar-refractivity contribution is 6.08. The van der Waals surface area contributed by atoms with Crippen LogP contribution in [-0.4, -0.2) is 31.5 Å². The molecule has 2 aromatic carbocycles. The van der Waals surface area contributed by atoms with Gasteiger partial charge in [0, 0.05) is 12.6 Å². The first-order valence-corrected chi connectivity index (χ1v) is 8.50. The van der Waals surface area contributed by atoms with E-state index in [2.05, 4.69) is 5.32 Å². The zero-order valence-electron chi connectivity index (χ0n) is 15.3. The highest BCUT2D eigenvalue weighted by Gasteiger charge is 2.39. The van der Waals surface area contributed by atoms with E-state index in [1.165, 1.54) is 25.2 Å². The Morgan fingerprint density at radius 2 is 1.57 bits per heavy atom. The van der Waals surface area contributed by atoms with Gasteiger partial charge in [0.05, 0.1) is 23.4 Å². The Morgan fingerprint density at radius 3 is 2.10 bits per heavy atom. The number of halogens is 6. The summed E-state index contributed by atoms with van der Waals surface area (Å²) in [6, 6.07) is 6.53. The molecule has 1 aliphatic heterocycles. The Labute approximate surface area is 166 Å². The van der Waals surface area contributed by atoms with Gasteiger partial charge in [-0.05, 0) is 30.3 Å². The average molecular weight is 432 g/mol. The number of carbonyl (C=O) groups is 2. The van der Waals surface area contributed by atoms with Crippen molar-refractivity contribution in [3.63, 3.8) is 0 Å². The summed E-state index contributed by atoms with van der Waals surface area (Å²) in [6.45, 7) is -0.396. The lowest BCUT2D eigenvalue weighted by Gasteiger charge is -2.34. The molecular formula is C19H14F6N2O3. The van der Waals surface area contributed by atoms with Gasteiger partial charge in [-0.3, -0.25) is 9.59 Å². The minimum Gasteiger partial charge on any atom is -0.477 e. The number of para-hydroxylation sites is 2. The van der Waals surface area contributed by atoms with E-state index in [0.29, 0.717) is 12.1 Å². The molecule has 0 radical (unpaired) electrons. The molecule has 0 aromatic heterocycles. The molecule has 1 atom stereocenters. The van der Waals surface area contributed by atoms with Gasteiger partial charge in [-0.2, -0.15) is 26.3 Å². The number of anilines is 1. The van der Waals surface area contributed by atoms with Gasteiger partial charge in [0.2, 0.25) is 0 Å². The summed E-state index contributed by atoms with van der Waals surface area (Å²) in [5.74, 6) is -1.65. The van der Waals surface area contributed by atoms with E-state index in [4.69, 9.17) is 4.74 Å². The number of alkyl halides is 6. The smallest absolute Gasteiger partial charge is 0.416 e. The van der Waals surface area contributed by atoms with Gasteiger partial charge in [-0.1, -0.05) is 12.1 Å². The standard InChI is InChI=1S/C19H14F6N2O3/c1-26-16(28)15-9-27(13-4-2-3-5-14(13)30-15)17(29)10-6-11(18(20,21)22)8-12(7-10)19(23,24)25/h2-8,15H,9H2,1H3,(H,26,28). The molecule has 0 saturated carbocycles. The SMILES string of the molecule is CNC(=O)C1CN(C(=O)c2cc(C(F)(F)F)cc(C(F)(F)F)c2)c2ccccc2O1. The Hall–Kier alpha value is -3.24. The third kappa shape index (κ3) is 4.19. The highest BCUT2D eigenvalue weighted by atomic mass is 19.4. The molecule has 0 fully saturated rings. The van der Waals surface area contributed by atoms with Gasteiger partial charge in [0.25, 0.3) is 11.8 Å². The second kappa shape index (κ2) is 7.54. The lowest BCUT2D eigenvalue weighted by Crippen LogP contribution is -2.50. The van der Waals surface area contributed by atoms with E-state index in [1.54, 1.807) is 6.07 Å². The van der Waals surface area contributed by atoms with Gasteiger partial charge in [0.1, 0.15) is 5.75 Å². The van der Waals surface area contributed by atoms with Gasteiger partial charge >= 0.3 is 12.4 Å². The van der Waals surface area contributed by atoms with Crippen molar-refractivity contribution in [3.05, 3.63) is 59.2 Å². The molecule has 2 amide bonds. The number of nitrogens with one attached hydrogen (secondary N) is 1. The molecule has 0 saturated heterocycles. The fourth-order valence-electron chi connectivity index (χ4n) is 2.96. The summed E-state index contributed by atoms with van der Waals surface area (Å²) in [6.07, 6.45) is -11.4. The van der Waals surface area contributed by atoms with Crippen molar-refractivity contribution >= 4 is 17.5 Å². The Kier molecular flexibility index (Phi) is 5.40. The summed E-state index contributed by atoms with van der Waals surface area (Å²) in [5, 5.41) is 2.32. The number of amides is 2. The Bertz CT molecular complexity index is 955. The lowest BCUT2D eigenvalue weighted by atomic mass is 10.0. The predicted molar refractivity (Wildman–Crippen MR) is 93.0 cm³/mol. The molecule has 11 heteroatoms. The van der Waals surface area contributed by atoms with Crippen molar-refractivity contribution in [1.29, 1.82) is 0 Å². The van der Waals surface area contributed by atoms with E-state index in [-0.39, 0.29) is 17.5 Å². The second-order valence-corrected chi connectivity index (χ2v) is 6.40. The zero-order valence-corrected chi connectivity index (χ0v) is 15.3. The van der Waals surface area contributed by atoms with Gasteiger partial charge in [-0.25, -0.2) is 0 Å². The molecule has 1 heterocycles. The van der Waals surface area contributed by atoms with E-state index < -0.39 is 53.5 Å². The van der Waals surface area contributed by atoms with E-state index in [9.17, 15) is 35.9 Å². The quantitative estimate of drug-likeness (QED) is 0.733. The number of hydrogen-bond acceptors (Lipinski definition) is 3. The normalized spacial score (nSPS) is 16.5. The molecule has 160 valence electrons. The number of nitrogens with zero attached hydrogens (tertiary/aromatic N) is 1. The van der Waals surface area contributed by atoms with Crippen LogP contribution in [0.15, 0.2) is 42.5 Å². The van der Waals surface area contributed by atoms with Crippen molar-refractivity contribution in [1.82, 2.24) is 5.32 Å². The highest BCUT2D eigenvalue weighted by Crippen LogP contribution is 2.38. The van der Waals surface area contributed by atoms with Crippen LogP contribution in [0.1, 0.15) is 21.5 Å². The summed E-state index contributed by atoms with van der Waals surface area (Å²) in [5.41, 5.74) is -3.91. The van der Waals surface area contributed by atoms with E-state index >= 15 is 0 Å². The van der Waals surface area contributed by atoms with Crippen molar-refractivity contribution < 1.29 is 40.7 Å². The first-order chi connectivity index (χ1) is 13.9. The molecule has 30 heavy (non-hydrogen) atoms. The topological polar surface area (TPSA) is 58.6 Å². The fourth-order valence-corrected chi connectivity index (χ4v) is 2.96. The number of benzene rings is 2. The van der Waals surface area contributed by atoms with E-state index in [1.807, 2.05) is 0 Å². The number of hydrogen-bond donors (Lipinski definition) is 1. The van der Waals surface area contributed by atoms with Crippen LogP contribution in [0.2, 0.25) is 0 Å². The molecule has 0 bridgehead atoms. The third-order valence-electron chi connectivity index (χ3n) is 4.39. The number of carbonyl (C=O) groups excluding carboxylic acids is 2. The summed E-state index contributed by atoms with van der Waals surface area (Å²) < 4.78 is 84.3. The van der Waals surface area contributed by atoms with Crippen LogP contribution >= 0.6 is 0 Å². The number of ether oxygens (including phenoxy) is 1. The van der Waals surface area contributed by atoms with Gasteiger partial charge < -0.3 is 15.0 Å². The Morgan fingerprint density at radius 1 is 1.00 bits per heavy atom. The van der Waals surface area contributed by atoms with Crippen LogP contribution in [-0.2, 0) is 17.1 Å². The van der Waals surface area contributed by atoms with Crippen LogP contribution < -0.4 is 15.0 Å². The number of rotatable bonds is 2. The van der Waals surface area contributed by atoms with Crippen molar-refractivity contribution in [2.45, 2.75) is 18.5 Å². The van der Waals surface area contributed by atoms with Crippen molar-refractivity contribution in [2.75, 3.05) is 18.5 Å². The largest absolute Gasteiger partial charge is 0.477 e. The van der Waals surface area contributed by atoms with Crippen LogP contribution in [0.3, 0.4) is 0 Å². The molecule has 0 spiro atoms. The molecule has 2 aromatic rings. The lowest BCUT2D eigenvalue weighted by molar-refractivity contribution is -0.143. The minimum absolute atomic E-state index is 0.0582. The maximum absolute atomic E-state index is 13.1. The minimum atomic E-state index is -5.09. The van der Waals surface area contributed by atoms with Crippen LogP contribution in [0.5, 0.6) is 5.75 Å². The third-order valence-corrected chi connectivity index (χ3v) is 4.39. The Balaban J connectivity index is 2.10. The van der Waals surface area contributed by atoms with Crippen LogP contribution in [0.4, 0.5) is 32.0 Å². The van der Waals surface area contributed by atoms with Crippen molar-refractivity contribution in [2.24, 2.45) is 0 Å². The molecule has 3 rings (SSSR count). The molecular weight excluding hydrogens is 418 g/mol. The predicted octanol–water partition coefficient (Wildman–Crippen LogP) is 3.88. The molecule has 5 nitrogen and oxygen atoms in total. The summed E-state index contributed by atoms with van der Waals surface area (Å²) in [4.78, 5) is 25.9. The molecule has 1 aliphatic rings. The second-order valence-electron chi connectivity index (χ2n) is 6.40. The maximum atomic E-state index is 13.1. The maximum Gasteiger partial charge on any atom is 0.416 e. The van der Waals surface area contributed by atoms with Gasteiger partial charge in [-0.15, -0.1) is 0 Å². The monoisotopic (exact) mass is 432 g/mol. The summed E-state index contributed by atoms with van der Waals surface area (Å²) >= 11 is 0. The van der Waals surface area contributed by atoms with Crippen LogP contribution in [0.25, 0.3) is 0 Å². The first kappa shape index (κ1) is 21.5. The molecule has 0 aliphatic carbocycles.